The molecule has 272 valence electrons. The third-order valence-electron chi connectivity index (χ3n) is 11.0. The topological polar surface area (TPSA) is 48.5 Å². The van der Waals surface area contributed by atoms with E-state index in [1.165, 1.54) is 38.4 Å². The van der Waals surface area contributed by atoms with Crippen molar-refractivity contribution in [3.05, 3.63) is 212 Å². The highest BCUT2D eigenvalue weighted by atomic mass is 15.0. The minimum Gasteiger partial charge on any atom is -0.317 e. The normalized spacial score (nSPS) is 11.4. The smallest absolute Gasteiger partial charge is 0.164 e. The number of hydrogen-bond donors (Lipinski definition) is 0. The zero-order valence-electron chi connectivity index (χ0n) is 31.4. The van der Waals surface area contributed by atoms with Crippen LogP contribution in [0.5, 0.6) is 0 Å². The first kappa shape index (κ1) is 33.4. The summed E-state index contributed by atoms with van der Waals surface area (Å²) in [5.41, 5.74) is 13.2. The van der Waals surface area contributed by atoms with Crippen molar-refractivity contribution in [1.82, 2.24) is 24.1 Å². The van der Waals surface area contributed by atoms with E-state index >= 15 is 0 Å². The number of fused-ring (bicyclic) bond motifs is 4. The summed E-state index contributed by atoms with van der Waals surface area (Å²) in [4.78, 5) is 14.9. The largest absolute Gasteiger partial charge is 0.317 e. The van der Waals surface area contributed by atoms with E-state index in [1.54, 1.807) is 0 Å². The van der Waals surface area contributed by atoms with E-state index in [4.69, 9.17) is 15.0 Å². The highest BCUT2D eigenvalue weighted by Crippen LogP contribution is 2.37. The molecule has 3 aromatic heterocycles. The van der Waals surface area contributed by atoms with Gasteiger partial charge in [0.2, 0.25) is 0 Å². The lowest BCUT2D eigenvalue weighted by molar-refractivity contribution is 1.07. The Labute approximate surface area is 335 Å². The van der Waals surface area contributed by atoms with E-state index in [9.17, 15) is 0 Å². The maximum Gasteiger partial charge on any atom is 0.164 e. The Morgan fingerprint density at radius 3 is 1.53 bits per heavy atom. The first-order chi connectivity index (χ1) is 28.7. The van der Waals surface area contributed by atoms with Gasteiger partial charge in [-0.1, -0.05) is 152 Å². The van der Waals surface area contributed by atoms with Crippen LogP contribution in [0.25, 0.3) is 101 Å². The maximum atomic E-state index is 5.02. The first-order valence-corrected chi connectivity index (χ1v) is 19.5. The third kappa shape index (κ3) is 5.94. The highest BCUT2D eigenvalue weighted by molar-refractivity contribution is 6.10. The summed E-state index contributed by atoms with van der Waals surface area (Å²) < 4.78 is 4.64. The quantitative estimate of drug-likeness (QED) is 0.163. The molecule has 0 saturated carbocycles. The zero-order valence-corrected chi connectivity index (χ0v) is 31.4. The molecule has 0 amide bonds. The lowest BCUT2D eigenvalue weighted by atomic mass is 10.0. The van der Waals surface area contributed by atoms with Gasteiger partial charge >= 0.3 is 0 Å². The molecule has 0 spiro atoms. The SMILES string of the molecule is c1ccc(-c2ccc3ccn(-c4cccc(-c5ccc6c(c5)c5ccccc5n6-c5cccc(-c6nc(-c7ccccc7)nc(-c7ccccc7)n6)c5)c4)c3c2)cc1. The van der Waals surface area contributed by atoms with Crippen molar-refractivity contribution < 1.29 is 0 Å². The minimum absolute atomic E-state index is 0.629. The van der Waals surface area contributed by atoms with Crippen molar-refractivity contribution >= 4 is 32.7 Å². The van der Waals surface area contributed by atoms with E-state index in [1.807, 2.05) is 60.7 Å². The number of rotatable bonds is 7. The molecule has 8 aromatic carbocycles. The van der Waals surface area contributed by atoms with E-state index in [0.29, 0.717) is 17.5 Å². The van der Waals surface area contributed by atoms with Crippen LogP contribution < -0.4 is 0 Å². The molecular weight excluding hydrogens is 707 g/mol. The molecule has 0 aliphatic heterocycles. The maximum absolute atomic E-state index is 5.02. The molecule has 0 aliphatic rings. The Kier molecular flexibility index (Phi) is 8.07. The second kappa shape index (κ2) is 14.0. The number of para-hydroxylation sites is 1. The summed E-state index contributed by atoms with van der Waals surface area (Å²) in [5.74, 6) is 1.92. The number of nitrogens with zero attached hydrogens (tertiary/aromatic N) is 5. The number of benzene rings is 8. The van der Waals surface area contributed by atoms with E-state index in [-0.39, 0.29) is 0 Å². The molecule has 11 aromatic rings. The van der Waals surface area contributed by atoms with Gasteiger partial charge in [-0.05, 0) is 82.2 Å². The second-order valence-corrected chi connectivity index (χ2v) is 14.5. The predicted molar refractivity (Wildman–Crippen MR) is 238 cm³/mol. The first-order valence-electron chi connectivity index (χ1n) is 19.5. The summed E-state index contributed by atoms with van der Waals surface area (Å²) in [6.45, 7) is 0. The van der Waals surface area contributed by atoms with Crippen molar-refractivity contribution in [3.63, 3.8) is 0 Å². The molecular formula is C53H35N5. The van der Waals surface area contributed by atoms with E-state index in [0.717, 1.165) is 44.7 Å². The van der Waals surface area contributed by atoms with E-state index < -0.39 is 0 Å². The molecule has 58 heavy (non-hydrogen) atoms. The van der Waals surface area contributed by atoms with Gasteiger partial charge in [0, 0.05) is 45.0 Å². The van der Waals surface area contributed by atoms with Gasteiger partial charge in [-0.25, -0.2) is 15.0 Å². The molecule has 5 heteroatoms. The van der Waals surface area contributed by atoms with Gasteiger partial charge < -0.3 is 9.13 Å². The molecule has 0 atom stereocenters. The fraction of sp³-hybridized carbons (Fsp3) is 0. The van der Waals surface area contributed by atoms with Crippen molar-refractivity contribution in [1.29, 1.82) is 0 Å². The molecule has 11 rings (SSSR count). The van der Waals surface area contributed by atoms with Crippen LogP contribution in [0.15, 0.2) is 212 Å². The standard InChI is InChI=1S/C53H35N5/c1-4-14-36(15-5-1)42-27-26-37-30-31-57(50(37)35-42)44-22-12-20-40(32-44)41-28-29-49-47(34-41)46-24-10-11-25-48(46)58(49)45-23-13-21-43(33-45)53-55-51(38-16-6-2-7-17-38)54-52(56-53)39-18-8-3-9-19-39/h1-35H. The summed E-state index contributed by atoms with van der Waals surface area (Å²) in [6, 6.07) is 72.5. The summed E-state index contributed by atoms with van der Waals surface area (Å²) in [6.07, 6.45) is 2.17. The minimum atomic E-state index is 0.629. The van der Waals surface area contributed by atoms with Crippen LogP contribution in [-0.4, -0.2) is 24.1 Å². The van der Waals surface area contributed by atoms with Crippen LogP contribution in [0.2, 0.25) is 0 Å². The van der Waals surface area contributed by atoms with Crippen LogP contribution >= 0.6 is 0 Å². The predicted octanol–water partition coefficient (Wildman–Crippen LogP) is 13.2. The monoisotopic (exact) mass is 741 g/mol. The third-order valence-corrected chi connectivity index (χ3v) is 11.0. The van der Waals surface area contributed by atoms with Gasteiger partial charge in [0.05, 0.1) is 16.6 Å². The molecule has 0 bridgehead atoms. The molecule has 0 unspecified atom stereocenters. The second-order valence-electron chi connectivity index (χ2n) is 14.5. The fourth-order valence-corrected chi connectivity index (χ4v) is 8.15. The van der Waals surface area contributed by atoms with Crippen LogP contribution in [0.3, 0.4) is 0 Å². The van der Waals surface area contributed by atoms with Crippen molar-refractivity contribution in [2.45, 2.75) is 0 Å². The fourth-order valence-electron chi connectivity index (χ4n) is 8.15. The van der Waals surface area contributed by atoms with Crippen molar-refractivity contribution in [2.75, 3.05) is 0 Å². The van der Waals surface area contributed by atoms with Crippen LogP contribution in [0, 0.1) is 0 Å². The van der Waals surface area contributed by atoms with Gasteiger partial charge in [0.15, 0.2) is 17.5 Å². The number of aromatic nitrogens is 5. The average Bonchev–Trinajstić information content (AvgIpc) is 3.89. The summed E-state index contributed by atoms with van der Waals surface area (Å²) in [5, 5.41) is 3.61. The van der Waals surface area contributed by atoms with Gasteiger partial charge in [-0.3, -0.25) is 0 Å². The summed E-state index contributed by atoms with van der Waals surface area (Å²) in [7, 11) is 0. The molecule has 5 nitrogen and oxygen atoms in total. The molecule has 0 N–H and O–H groups in total. The van der Waals surface area contributed by atoms with Crippen molar-refractivity contribution in [3.8, 4) is 67.8 Å². The molecule has 0 saturated heterocycles. The van der Waals surface area contributed by atoms with Crippen molar-refractivity contribution in [2.24, 2.45) is 0 Å². The zero-order chi connectivity index (χ0) is 38.4. The lowest BCUT2D eigenvalue weighted by Gasteiger charge is -2.12. The molecule has 0 aliphatic carbocycles. The molecule has 0 radical (unpaired) electrons. The van der Waals surface area contributed by atoms with Gasteiger partial charge in [-0.15, -0.1) is 0 Å². The van der Waals surface area contributed by atoms with Gasteiger partial charge in [-0.2, -0.15) is 0 Å². The van der Waals surface area contributed by atoms with Crippen LogP contribution in [0.4, 0.5) is 0 Å². The molecule has 0 fully saturated rings. The van der Waals surface area contributed by atoms with E-state index in [2.05, 4.69) is 161 Å². The van der Waals surface area contributed by atoms with Crippen LogP contribution in [-0.2, 0) is 0 Å². The Morgan fingerprint density at radius 1 is 0.293 bits per heavy atom. The number of hydrogen-bond acceptors (Lipinski definition) is 3. The Bertz CT molecular complexity index is 3220. The summed E-state index contributed by atoms with van der Waals surface area (Å²) >= 11 is 0. The van der Waals surface area contributed by atoms with Gasteiger partial charge in [0.25, 0.3) is 0 Å². The highest BCUT2D eigenvalue weighted by Gasteiger charge is 2.17. The Morgan fingerprint density at radius 2 is 0.810 bits per heavy atom. The van der Waals surface area contributed by atoms with Gasteiger partial charge in [0.1, 0.15) is 0 Å². The average molecular weight is 742 g/mol. The Balaban J connectivity index is 1.00. The molecule has 3 heterocycles. The lowest BCUT2D eigenvalue weighted by Crippen LogP contribution is -2.01. The van der Waals surface area contributed by atoms with Crippen LogP contribution in [0.1, 0.15) is 0 Å². The Hall–Kier alpha value is -7.89.